The lowest BCUT2D eigenvalue weighted by molar-refractivity contribution is 0.0185. The molecule has 1 heterocycles. The molecule has 0 spiro atoms. The topological polar surface area (TPSA) is 68.4 Å². The van der Waals surface area contributed by atoms with E-state index in [4.69, 9.17) is 22.1 Å². The third kappa shape index (κ3) is 2.91. The molecule has 1 fully saturated rings. The van der Waals surface area contributed by atoms with E-state index in [2.05, 4.69) is 17.1 Å². The molecule has 118 valence electrons. The van der Waals surface area contributed by atoms with Crippen LogP contribution in [0.1, 0.15) is 18.4 Å². The van der Waals surface area contributed by atoms with Crippen molar-refractivity contribution in [2.24, 2.45) is 11.8 Å². The molecule has 2 aromatic rings. The standard InChI is InChI=1S/C17H21ClN2O2/c1-22-16-11(3-4-12(16)9-21)6-10-2-5-15-13(7-10)8-14(18)17(19)20-15/h2,5,7-8,11-12,16,21H,3-4,6,9H2,1H3,(H2,19,20). The molecule has 1 saturated carbocycles. The molecule has 3 unspecified atom stereocenters. The number of rotatable bonds is 4. The number of pyridine rings is 1. The van der Waals surface area contributed by atoms with Crippen molar-refractivity contribution >= 4 is 28.3 Å². The number of aromatic nitrogens is 1. The fourth-order valence-corrected chi connectivity index (χ4v) is 3.74. The number of nitrogens with two attached hydrogens (primary N) is 1. The number of ether oxygens (including phenoxy) is 1. The average molecular weight is 321 g/mol. The van der Waals surface area contributed by atoms with E-state index in [1.807, 2.05) is 12.1 Å². The Balaban J connectivity index is 1.83. The van der Waals surface area contributed by atoms with Crippen molar-refractivity contribution in [3.63, 3.8) is 0 Å². The number of hydrogen-bond acceptors (Lipinski definition) is 4. The van der Waals surface area contributed by atoms with Gasteiger partial charge in [0.05, 0.1) is 16.6 Å². The first-order chi connectivity index (χ1) is 10.6. The van der Waals surface area contributed by atoms with Gasteiger partial charge in [0.25, 0.3) is 0 Å². The van der Waals surface area contributed by atoms with E-state index in [9.17, 15) is 5.11 Å². The van der Waals surface area contributed by atoms with Crippen molar-refractivity contribution < 1.29 is 9.84 Å². The Hall–Kier alpha value is -1.36. The fraction of sp³-hybridized carbons (Fsp3) is 0.471. The predicted molar refractivity (Wildman–Crippen MR) is 89.0 cm³/mol. The highest BCUT2D eigenvalue weighted by Gasteiger charge is 2.35. The Kier molecular flexibility index (Phi) is 4.52. The Labute approximate surface area is 135 Å². The number of anilines is 1. The van der Waals surface area contributed by atoms with Gasteiger partial charge in [-0.3, -0.25) is 0 Å². The quantitative estimate of drug-likeness (QED) is 0.908. The number of hydrogen-bond donors (Lipinski definition) is 2. The maximum atomic E-state index is 9.43. The lowest BCUT2D eigenvalue weighted by atomic mass is 9.93. The van der Waals surface area contributed by atoms with Crippen LogP contribution in [0.5, 0.6) is 0 Å². The summed E-state index contributed by atoms with van der Waals surface area (Å²) in [6, 6.07) is 8.05. The van der Waals surface area contributed by atoms with Gasteiger partial charge in [0.2, 0.25) is 0 Å². The molecular formula is C17H21ClN2O2. The molecule has 0 radical (unpaired) electrons. The second kappa shape index (κ2) is 6.41. The highest BCUT2D eigenvalue weighted by molar-refractivity contribution is 6.33. The molecule has 0 aliphatic heterocycles. The molecule has 22 heavy (non-hydrogen) atoms. The van der Waals surface area contributed by atoms with E-state index in [1.165, 1.54) is 5.56 Å². The lowest BCUT2D eigenvalue weighted by Crippen LogP contribution is -2.27. The minimum atomic E-state index is 0.133. The second-order valence-electron chi connectivity index (χ2n) is 6.07. The van der Waals surface area contributed by atoms with E-state index >= 15 is 0 Å². The maximum Gasteiger partial charge on any atom is 0.142 e. The molecule has 3 N–H and O–H groups in total. The third-order valence-corrected chi connectivity index (χ3v) is 5.00. The molecule has 1 aromatic heterocycles. The number of methoxy groups -OCH3 is 1. The first kappa shape index (κ1) is 15.5. The summed E-state index contributed by atoms with van der Waals surface area (Å²) in [6.45, 7) is 0.200. The van der Waals surface area contributed by atoms with E-state index in [0.29, 0.717) is 16.8 Å². The predicted octanol–water partition coefficient (Wildman–Crippen LogP) is 3.05. The van der Waals surface area contributed by atoms with E-state index in [0.717, 1.165) is 30.2 Å². The Morgan fingerprint density at radius 1 is 1.32 bits per heavy atom. The number of aliphatic hydroxyl groups is 1. The zero-order valence-corrected chi connectivity index (χ0v) is 13.4. The van der Waals surface area contributed by atoms with E-state index < -0.39 is 0 Å². The number of aliphatic hydroxyl groups excluding tert-OH is 1. The van der Waals surface area contributed by atoms with Gasteiger partial charge in [0.1, 0.15) is 5.82 Å². The summed E-state index contributed by atoms with van der Waals surface area (Å²) in [7, 11) is 1.73. The largest absolute Gasteiger partial charge is 0.396 e. The van der Waals surface area contributed by atoms with Gasteiger partial charge in [-0.15, -0.1) is 0 Å². The van der Waals surface area contributed by atoms with Crippen LogP contribution in [0.25, 0.3) is 10.9 Å². The van der Waals surface area contributed by atoms with Crippen molar-refractivity contribution in [2.45, 2.75) is 25.4 Å². The van der Waals surface area contributed by atoms with Crippen LogP contribution in [-0.4, -0.2) is 29.9 Å². The molecule has 1 aliphatic carbocycles. The summed E-state index contributed by atoms with van der Waals surface area (Å²) in [4.78, 5) is 4.29. The smallest absolute Gasteiger partial charge is 0.142 e. The van der Waals surface area contributed by atoms with Gasteiger partial charge < -0.3 is 15.6 Å². The van der Waals surface area contributed by atoms with E-state index in [1.54, 1.807) is 7.11 Å². The average Bonchev–Trinajstić information content (AvgIpc) is 2.90. The second-order valence-corrected chi connectivity index (χ2v) is 6.47. The van der Waals surface area contributed by atoms with Crippen LogP contribution < -0.4 is 5.73 Å². The summed E-state index contributed by atoms with van der Waals surface area (Å²) in [5.74, 6) is 1.06. The number of fused-ring (bicyclic) bond motifs is 1. The van der Waals surface area contributed by atoms with Crippen LogP contribution in [0.4, 0.5) is 5.82 Å². The molecule has 1 aromatic carbocycles. The Morgan fingerprint density at radius 2 is 2.09 bits per heavy atom. The summed E-state index contributed by atoms with van der Waals surface area (Å²) >= 11 is 6.06. The molecular weight excluding hydrogens is 300 g/mol. The fourth-order valence-electron chi connectivity index (χ4n) is 3.58. The molecule has 1 aliphatic rings. The molecule has 5 heteroatoms. The normalized spacial score (nSPS) is 25.0. The van der Waals surface area contributed by atoms with Crippen molar-refractivity contribution in [1.29, 1.82) is 0 Å². The van der Waals surface area contributed by atoms with Crippen LogP contribution >= 0.6 is 11.6 Å². The van der Waals surface area contributed by atoms with Crippen molar-refractivity contribution in [3.05, 3.63) is 34.9 Å². The van der Waals surface area contributed by atoms with Crippen LogP contribution in [0, 0.1) is 11.8 Å². The van der Waals surface area contributed by atoms with Crippen molar-refractivity contribution in [2.75, 3.05) is 19.5 Å². The number of nitrogen functional groups attached to an aromatic ring is 1. The molecule has 3 atom stereocenters. The number of nitrogens with zero attached hydrogens (tertiary/aromatic N) is 1. The van der Waals surface area contributed by atoms with Crippen LogP contribution in [0.3, 0.4) is 0 Å². The molecule has 3 rings (SSSR count). The Bertz CT molecular complexity index is 677. The monoisotopic (exact) mass is 320 g/mol. The minimum absolute atomic E-state index is 0.133. The van der Waals surface area contributed by atoms with Crippen molar-refractivity contribution in [1.82, 2.24) is 4.98 Å². The van der Waals surface area contributed by atoms with Gasteiger partial charge >= 0.3 is 0 Å². The first-order valence-corrected chi connectivity index (χ1v) is 7.98. The minimum Gasteiger partial charge on any atom is -0.396 e. The van der Waals surface area contributed by atoms with Crippen molar-refractivity contribution in [3.8, 4) is 0 Å². The van der Waals surface area contributed by atoms with Gasteiger partial charge in [-0.2, -0.15) is 0 Å². The van der Waals surface area contributed by atoms with Gasteiger partial charge in [-0.1, -0.05) is 17.7 Å². The summed E-state index contributed by atoms with van der Waals surface area (Å²) in [5.41, 5.74) is 7.83. The Morgan fingerprint density at radius 3 is 2.82 bits per heavy atom. The SMILES string of the molecule is COC1C(CO)CCC1Cc1ccc2nc(N)c(Cl)cc2c1. The maximum absolute atomic E-state index is 9.43. The zero-order chi connectivity index (χ0) is 15.7. The zero-order valence-electron chi connectivity index (χ0n) is 12.6. The highest BCUT2D eigenvalue weighted by atomic mass is 35.5. The third-order valence-electron chi connectivity index (χ3n) is 4.70. The van der Waals surface area contributed by atoms with Crippen LogP contribution in [-0.2, 0) is 11.2 Å². The molecule has 0 bridgehead atoms. The van der Waals surface area contributed by atoms with Crippen LogP contribution in [0.15, 0.2) is 24.3 Å². The lowest BCUT2D eigenvalue weighted by Gasteiger charge is -2.22. The van der Waals surface area contributed by atoms with Gasteiger partial charge in [0, 0.05) is 25.0 Å². The van der Waals surface area contributed by atoms with Crippen LogP contribution in [0.2, 0.25) is 5.02 Å². The van der Waals surface area contributed by atoms with Gasteiger partial charge in [-0.05, 0) is 48.9 Å². The number of benzene rings is 1. The van der Waals surface area contributed by atoms with Gasteiger partial charge in [-0.25, -0.2) is 4.98 Å². The summed E-state index contributed by atoms with van der Waals surface area (Å²) in [6.07, 6.45) is 3.18. The molecule has 0 saturated heterocycles. The molecule has 4 nitrogen and oxygen atoms in total. The number of halogens is 1. The summed E-state index contributed by atoms with van der Waals surface area (Å²) < 4.78 is 5.61. The highest BCUT2D eigenvalue weighted by Crippen LogP contribution is 2.36. The summed E-state index contributed by atoms with van der Waals surface area (Å²) in [5, 5.41) is 10.9. The van der Waals surface area contributed by atoms with E-state index in [-0.39, 0.29) is 18.6 Å². The van der Waals surface area contributed by atoms with Gasteiger partial charge in [0.15, 0.2) is 0 Å². The first-order valence-electron chi connectivity index (χ1n) is 7.60. The molecule has 0 amide bonds.